The standard InChI is InChI=1S/C12H20N2/c1-4-11(3)6-10(14)7-12(5-2,8-11)9-13/h2,4,10H,1,6-9,13-14H2,3H3/t10-,11+,12+/m0/s1. The molecule has 1 fully saturated rings. The topological polar surface area (TPSA) is 52.0 Å². The Hall–Kier alpha value is -0.780. The monoisotopic (exact) mass is 192 g/mol. The molecular formula is C12H20N2. The van der Waals surface area contributed by atoms with Crippen molar-refractivity contribution >= 4 is 0 Å². The minimum atomic E-state index is -0.222. The molecule has 1 rings (SSSR count). The van der Waals surface area contributed by atoms with Crippen LogP contribution in [-0.4, -0.2) is 12.6 Å². The van der Waals surface area contributed by atoms with Gasteiger partial charge in [0.2, 0.25) is 0 Å². The Bertz CT molecular complexity index is 266. The SMILES string of the molecule is C#C[C@@]1(CN)C[C@@H](N)C[C@@](C)(C=C)C1. The van der Waals surface area contributed by atoms with E-state index in [1.54, 1.807) is 0 Å². The lowest BCUT2D eigenvalue weighted by molar-refractivity contribution is 0.144. The van der Waals surface area contributed by atoms with Crippen LogP contribution < -0.4 is 11.5 Å². The maximum atomic E-state index is 6.01. The van der Waals surface area contributed by atoms with Crippen LogP contribution >= 0.6 is 0 Å². The molecule has 0 saturated heterocycles. The summed E-state index contributed by atoms with van der Waals surface area (Å²) in [6.07, 6.45) is 10.2. The van der Waals surface area contributed by atoms with E-state index in [-0.39, 0.29) is 16.9 Å². The molecule has 14 heavy (non-hydrogen) atoms. The highest BCUT2D eigenvalue weighted by atomic mass is 14.7. The average Bonchev–Trinajstić information content (AvgIpc) is 2.16. The van der Waals surface area contributed by atoms with Crippen molar-refractivity contribution in [1.82, 2.24) is 0 Å². The molecule has 0 aromatic heterocycles. The van der Waals surface area contributed by atoms with E-state index in [0.29, 0.717) is 6.54 Å². The fourth-order valence-electron chi connectivity index (χ4n) is 2.57. The van der Waals surface area contributed by atoms with E-state index >= 15 is 0 Å². The van der Waals surface area contributed by atoms with Crippen molar-refractivity contribution in [3.63, 3.8) is 0 Å². The van der Waals surface area contributed by atoms with E-state index in [1.165, 1.54) is 0 Å². The molecule has 3 atom stereocenters. The second kappa shape index (κ2) is 3.76. The van der Waals surface area contributed by atoms with E-state index < -0.39 is 0 Å². The first-order chi connectivity index (χ1) is 6.49. The summed E-state index contributed by atoms with van der Waals surface area (Å²) in [4.78, 5) is 0. The lowest BCUT2D eigenvalue weighted by atomic mass is 9.61. The molecule has 1 saturated carbocycles. The van der Waals surface area contributed by atoms with Crippen LogP contribution in [0.5, 0.6) is 0 Å². The van der Waals surface area contributed by atoms with Gasteiger partial charge in [-0.25, -0.2) is 0 Å². The van der Waals surface area contributed by atoms with Crippen LogP contribution in [0.1, 0.15) is 26.2 Å². The lowest BCUT2D eigenvalue weighted by Gasteiger charge is -2.44. The third-order valence-electron chi connectivity index (χ3n) is 3.31. The van der Waals surface area contributed by atoms with Gasteiger partial charge in [0.15, 0.2) is 0 Å². The zero-order chi connectivity index (χ0) is 10.8. The first-order valence-electron chi connectivity index (χ1n) is 5.06. The highest BCUT2D eigenvalue weighted by Crippen LogP contribution is 2.45. The first kappa shape index (κ1) is 11.3. The van der Waals surface area contributed by atoms with Gasteiger partial charge in [0.05, 0.1) is 0 Å². The van der Waals surface area contributed by atoms with Crippen LogP contribution in [0.25, 0.3) is 0 Å². The van der Waals surface area contributed by atoms with Gasteiger partial charge in [-0.3, -0.25) is 0 Å². The summed E-state index contributed by atoms with van der Waals surface area (Å²) in [6.45, 7) is 6.53. The quantitative estimate of drug-likeness (QED) is 0.511. The van der Waals surface area contributed by atoms with E-state index in [0.717, 1.165) is 19.3 Å². The van der Waals surface area contributed by atoms with Gasteiger partial charge in [-0.2, -0.15) is 0 Å². The molecule has 78 valence electrons. The highest BCUT2D eigenvalue weighted by molar-refractivity contribution is 5.15. The number of terminal acetylenes is 1. The highest BCUT2D eigenvalue weighted by Gasteiger charge is 2.42. The molecule has 2 heteroatoms. The summed E-state index contributed by atoms with van der Waals surface area (Å²) in [5, 5.41) is 0. The number of hydrogen-bond acceptors (Lipinski definition) is 2. The minimum absolute atomic E-state index is 0.0450. The number of rotatable bonds is 2. The molecule has 0 bridgehead atoms. The van der Waals surface area contributed by atoms with Crippen molar-refractivity contribution in [1.29, 1.82) is 0 Å². The number of nitrogens with two attached hydrogens (primary N) is 2. The summed E-state index contributed by atoms with van der Waals surface area (Å²) < 4.78 is 0. The third kappa shape index (κ3) is 2.00. The summed E-state index contributed by atoms with van der Waals surface area (Å²) in [7, 11) is 0. The van der Waals surface area contributed by atoms with Gasteiger partial charge in [0, 0.05) is 18.0 Å². The summed E-state index contributed by atoms with van der Waals surface area (Å²) in [6, 6.07) is 0.145. The normalized spacial score (nSPS) is 42.9. The molecule has 0 aliphatic heterocycles. The molecule has 0 heterocycles. The molecule has 0 aromatic carbocycles. The first-order valence-corrected chi connectivity index (χ1v) is 5.06. The van der Waals surface area contributed by atoms with Gasteiger partial charge in [0.1, 0.15) is 0 Å². The number of allylic oxidation sites excluding steroid dienone is 1. The van der Waals surface area contributed by atoms with Gasteiger partial charge >= 0.3 is 0 Å². The fraction of sp³-hybridized carbons (Fsp3) is 0.667. The summed E-state index contributed by atoms with van der Waals surface area (Å²) in [5.74, 6) is 2.83. The molecule has 0 radical (unpaired) electrons. The van der Waals surface area contributed by atoms with E-state index in [4.69, 9.17) is 17.9 Å². The molecule has 1 aliphatic carbocycles. The van der Waals surface area contributed by atoms with E-state index in [9.17, 15) is 0 Å². The third-order valence-corrected chi connectivity index (χ3v) is 3.31. The van der Waals surface area contributed by atoms with Crippen molar-refractivity contribution in [2.45, 2.75) is 32.2 Å². The Balaban J connectivity index is 2.93. The van der Waals surface area contributed by atoms with Gasteiger partial charge in [-0.05, 0) is 24.7 Å². The Morgan fingerprint density at radius 2 is 2.29 bits per heavy atom. The Labute approximate surface area is 86.7 Å². The predicted octanol–water partition coefficient (Wildman–Crippen LogP) is 1.27. The number of hydrogen-bond donors (Lipinski definition) is 2. The van der Waals surface area contributed by atoms with Gasteiger partial charge in [-0.1, -0.05) is 18.9 Å². The van der Waals surface area contributed by atoms with Crippen LogP contribution in [0, 0.1) is 23.2 Å². The predicted molar refractivity (Wildman–Crippen MR) is 60.5 cm³/mol. The molecule has 0 amide bonds. The van der Waals surface area contributed by atoms with Crippen LogP contribution in [0.15, 0.2) is 12.7 Å². The maximum Gasteiger partial charge on any atom is 0.0456 e. The van der Waals surface area contributed by atoms with Gasteiger partial charge < -0.3 is 11.5 Å². The molecule has 1 aliphatic rings. The molecular weight excluding hydrogens is 172 g/mol. The van der Waals surface area contributed by atoms with Gasteiger partial charge in [-0.15, -0.1) is 13.0 Å². The van der Waals surface area contributed by atoms with Crippen LogP contribution in [0.3, 0.4) is 0 Å². The summed E-state index contributed by atoms with van der Waals surface area (Å²) in [5.41, 5.74) is 11.6. The zero-order valence-corrected chi connectivity index (χ0v) is 8.92. The van der Waals surface area contributed by atoms with Gasteiger partial charge in [0.25, 0.3) is 0 Å². The van der Waals surface area contributed by atoms with E-state index in [2.05, 4.69) is 19.4 Å². The Kier molecular flexibility index (Phi) is 3.04. The van der Waals surface area contributed by atoms with Crippen molar-refractivity contribution in [3.05, 3.63) is 12.7 Å². The van der Waals surface area contributed by atoms with Crippen LogP contribution in [-0.2, 0) is 0 Å². The minimum Gasteiger partial charge on any atom is -0.329 e. The molecule has 4 N–H and O–H groups in total. The van der Waals surface area contributed by atoms with Crippen molar-refractivity contribution in [2.24, 2.45) is 22.3 Å². The Morgan fingerprint density at radius 3 is 2.71 bits per heavy atom. The van der Waals surface area contributed by atoms with Crippen molar-refractivity contribution in [2.75, 3.05) is 6.54 Å². The lowest BCUT2D eigenvalue weighted by Crippen LogP contribution is -2.46. The zero-order valence-electron chi connectivity index (χ0n) is 8.92. The maximum absolute atomic E-state index is 6.01. The fourth-order valence-corrected chi connectivity index (χ4v) is 2.57. The summed E-state index contributed by atoms with van der Waals surface area (Å²) >= 11 is 0. The van der Waals surface area contributed by atoms with E-state index in [1.807, 2.05) is 6.08 Å². The largest absolute Gasteiger partial charge is 0.329 e. The molecule has 0 spiro atoms. The molecule has 2 nitrogen and oxygen atoms in total. The second-order valence-corrected chi connectivity index (χ2v) is 4.83. The Morgan fingerprint density at radius 1 is 1.64 bits per heavy atom. The smallest absolute Gasteiger partial charge is 0.0456 e. The molecule has 0 unspecified atom stereocenters. The van der Waals surface area contributed by atoms with Crippen molar-refractivity contribution in [3.8, 4) is 12.3 Å². The molecule has 0 aromatic rings. The van der Waals surface area contributed by atoms with Crippen molar-refractivity contribution < 1.29 is 0 Å². The second-order valence-electron chi connectivity index (χ2n) is 4.83. The van der Waals surface area contributed by atoms with Crippen LogP contribution in [0.4, 0.5) is 0 Å². The average molecular weight is 192 g/mol. The van der Waals surface area contributed by atoms with Crippen LogP contribution in [0.2, 0.25) is 0 Å².